The maximum absolute atomic E-state index is 4.97. The van der Waals surface area contributed by atoms with Gasteiger partial charge in [0.1, 0.15) is 5.75 Å². The first-order chi connectivity index (χ1) is 12.2. The van der Waals surface area contributed by atoms with E-state index in [9.17, 15) is 0 Å². The van der Waals surface area contributed by atoms with Crippen molar-refractivity contribution in [2.75, 3.05) is 7.11 Å². The van der Waals surface area contributed by atoms with E-state index in [1.165, 1.54) is 74.6 Å². The molecule has 0 aliphatic heterocycles. The highest BCUT2D eigenvalue weighted by Gasteiger charge is 2.27. The second kappa shape index (κ2) is 8.92. The Kier molecular flexibility index (Phi) is 6.62. The van der Waals surface area contributed by atoms with Gasteiger partial charge in [-0.3, -0.25) is 0 Å². The smallest absolute Gasteiger partial charge is 0.127 e. The topological polar surface area (TPSA) is 9.23 Å². The van der Waals surface area contributed by atoms with Crippen molar-refractivity contribution >= 4 is 0 Å². The molecule has 0 N–H and O–H groups in total. The maximum atomic E-state index is 4.97. The summed E-state index contributed by atoms with van der Waals surface area (Å²) in [5, 5.41) is 2.62. The molecule has 1 unspecified atom stereocenters. The predicted molar refractivity (Wildman–Crippen MR) is 107 cm³/mol. The van der Waals surface area contributed by atoms with Crippen molar-refractivity contribution < 1.29 is 4.74 Å². The molecule has 25 heavy (non-hydrogen) atoms. The van der Waals surface area contributed by atoms with Gasteiger partial charge in [0.05, 0.1) is 7.11 Å². The predicted octanol–water partition coefficient (Wildman–Crippen LogP) is 7.02. The maximum Gasteiger partial charge on any atom is 0.127 e. The Hall–Kier alpha value is -1.24. The van der Waals surface area contributed by atoms with E-state index in [1.54, 1.807) is 12.7 Å². The van der Waals surface area contributed by atoms with Crippen LogP contribution in [0.2, 0.25) is 0 Å². The Bertz CT molecular complexity index is 664. The molecular weight excluding hydrogens is 304 g/mol. The average molecular weight is 341 g/mol. The molecule has 1 atom stereocenters. The van der Waals surface area contributed by atoms with Crippen LogP contribution in [0.1, 0.15) is 78.1 Å². The minimum Gasteiger partial charge on any atom is -0.496 e. The average Bonchev–Trinajstić information content (AvgIpc) is 2.65. The van der Waals surface area contributed by atoms with Gasteiger partial charge in [0.25, 0.3) is 0 Å². The van der Waals surface area contributed by atoms with Gasteiger partial charge in [-0.1, -0.05) is 63.3 Å². The van der Waals surface area contributed by atoms with Crippen molar-refractivity contribution in [3.63, 3.8) is 0 Å². The highest BCUT2D eigenvalue weighted by molar-refractivity contribution is 5.38. The molecule has 1 fully saturated rings. The van der Waals surface area contributed by atoms with Crippen LogP contribution in [0.4, 0.5) is 0 Å². The van der Waals surface area contributed by atoms with Crippen LogP contribution in [0.25, 0.3) is 0 Å². The molecule has 0 heterocycles. The lowest BCUT2D eigenvalue weighted by Gasteiger charge is -2.35. The van der Waals surface area contributed by atoms with Gasteiger partial charge in [-0.25, -0.2) is 0 Å². The normalized spacial score (nSPS) is 27.0. The summed E-state index contributed by atoms with van der Waals surface area (Å²) in [4.78, 5) is 0. The zero-order valence-corrected chi connectivity index (χ0v) is 16.5. The summed E-state index contributed by atoms with van der Waals surface area (Å²) in [5.41, 5.74) is 1.72. The summed E-state index contributed by atoms with van der Waals surface area (Å²) in [6, 6.07) is 6.18. The third kappa shape index (κ3) is 4.49. The number of hydrogen-bond acceptors (Lipinski definition) is 1. The molecule has 0 amide bonds. The zero-order chi connectivity index (χ0) is 17.6. The Balaban J connectivity index is 0.000000188. The van der Waals surface area contributed by atoms with Crippen molar-refractivity contribution in [3.8, 4) is 5.75 Å². The summed E-state index contributed by atoms with van der Waals surface area (Å²) < 4.78 is 4.97. The second-order valence-electron chi connectivity index (χ2n) is 8.23. The van der Waals surface area contributed by atoms with Crippen LogP contribution in [0, 0.1) is 28.2 Å². The van der Waals surface area contributed by atoms with Crippen molar-refractivity contribution in [1.29, 1.82) is 0 Å². The number of benzene rings is 1. The highest BCUT2D eigenvalue weighted by atomic mass is 16.5. The monoisotopic (exact) mass is 340 g/mol. The van der Waals surface area contributed by atoms with Gasteiger partial charge in [0.15, 0.2) is 0 Å². The zero-order valence-electron chi connectivity index (χ0n) is 16.5. The summed E-state index contributed by atoms with van der Waals surface area (Å²) in [7, 11) is 1.70. The van der Waals surface area contributed by atoms with Crippen LogP contribution in [-0.4, -0.2) is 7.11 Å². The Morgan fingerprint density at radius 3 is 2.20 bits per heavy atom. The van der Waals surface area contributed by atoms with E-state index in [0.29, 0.717) is 0 Å². The Labute approximate surface area is 154 Å². The van der Waals surface area contributed by atoms with Gasteiger partial charge in [-0.05, 0) is 67.6 Å². The first-order valence-electron chi connectivity index (χ1n) is 10.6. The molecular formula is C24H36O. The fraction of sp³-hybridized carbons (Fsp3) is 0.667. The van der Waals surface area contributed by atoms with Crippen molar-refractivity contribution in [3.05, 3.63) is 40.3 Å². The van der Waals surface area contributed by atoms with Crippen LogP contribution in [0.3, 0.4) is 0 Å². The van der Waals surface area contributed by atoms with E-state index in [4.69, 9.17) is 4.74 Å². The second-order valence-corrected chi connectivity index (χ2v) is 8.23. The summed E-state index contributed by atoms with van der Waals surface area (Å²) in [6.45, 7) is 4.65. The largest absolute Gasteiger partial charge is 0.496 e. The van der Waals surface area contributed by atoms with Crippen molar-refractivity contribution in [1.82, 2.24) is 0 Å². The van der Waals surface area contributed by atoms with Crippen LogP contribution >= 0.6 is 0 Å². The van der Waals surface area contributed by atoms with Crippen molar-refractivity contribution in [2.24, 2.45) is 17.8 Å². The van der Waals surface area contributed by atoms with Crippen LogP contribution in [0.15, 0.2) is 29.8 Å². The van der Waals surface area contributed by atoms with Crippen LogP contribution in [-0.2, 0) is 0 Å². The lowest BCUT2D eigenvalue weighted by Crippen LogP contribution is -2.23. The number of hydrogen-bond donors (Lipinski definition) is 0. The number of methoxy groups -OCH3 is 1. The molecule has 1 nitrogen and oxygen atoms in total. The quantitative estimate of drug-likeness (QED) is 0.531. The fourth-order valence-electron chi connectivity index (χ4n) is 4.94. The third-order valence-corrected chi connectivity index (χ3v) is 6.77. The van der Waals surface area contributed by atoms with Gasteiger partial charge in [-0.2, -0.15) is 0 Å². The molecule has 0 radical (unpaired) electrons. The molecule has 0 aromatic heterocycles. The molecule has 1 saturated carbocycles. The summed E-state index contributed by atoms with van der Waals surface area (Å²) >= 11 is 0. The van der Waals surface area contributed by atoms with Gasteiger partial charge >= 0.3 is 0 Å². The standard InChI is InChI=1S/C17H30.C7H6O/c1-3-5-15-8-12-17(13-9-15)16-10-6-14(4-2)7-11-16;1-8-7-4-5-2-3-6(5)7/h6,15-17H,3-5,7-13H2,1-2H3;2-4H,1H3. The van der Waals surface area contributed by atoms with Crippen LogP contribution < -0.4 is 4.74 Å². The number of ether oxygens (including phenoxy) is 1. The number of rotatable bonds is 5. The van der Waals surface area contributed by atoms with Gasteiger partial charge in [0, 0.05) is 5.22 Å². The van der Waals surface area contributed by atoms with Gasteiger partial charge in [0.2, 0.25) is 0 Å². The number of allylic oxidation sites excluding steroid dienone is 2. The molecule has 4 aliphatic rings. The van der Waals surface area contributed by atoms with E-state index in [0.717, 1.165) is 23.5 Å². The van der Waals surface area contributed by atoms with Gasteiger partial charge < -0.3 is 4.74 Å². The molecule has 0 aromatic carbocycles. The minimum atomic E-state index is 1.03. The van der Waals surface area contributed by atoms with Crippen LogP contribution in [0.5, 0.6) is 5.75 Å². The molecule has 138 valence electrons. The molecule has 0 spiro atoms. The molecule has 4 aliphatic carbocycles. The minimum absolute atomic E-state index is 1.03. The van der Waals surface area contributed by atoms with Gasteiger partial charge in [-0.15, -0.1) is 0 Å². The molecule has 4 rings (SSSR count). The van der Waals surface area contributed by atoms with E-state index < -0.39 is 0 Å². The van der Waals surface area contributed by atoms with E-state index >= 15 is 0 Å². The van der Waals surface area contributed by atoms with E-state index in [2.05, 4.69) is 32.1 Å². The fourth-order valence-corrected chi connectivity index (χ4v) is 4.94. The first-order valence-corrected chi connectivity index (χ1v) is 10.6. The lowest BCUT2D eigenvalue weighted by molar-refractivity contribution is 0.186. The van der Waals surface area contributed by atoms with E-state index in [-0.39, 0.29) is 0 Å². The SMILES string of the molecule is CCCC1CCC(C2CC=C(CC)CC2)CC1.COc1cc2ccc1=2. The molecule has 0 saturated heterocycles. The summed E-state index contributed by atoms with van der Waals surface area (Å²) in [6.07, 6.45) is 17.1. The summed E-state index contributed by atoms with van der Waals surface area (Å²) in [5.74, 6) is 4.20. The molecule has 1 heteroatoms. The first kappa shape index (κ1) is 18.5. The Morgan fingerprint density at radius 1 is 1.00 bits per heavy atom. The molecule has 0 bridgehead atoms. The van der Waals surface area contributed by atoms with E-state index in [1.807, 2.05) is 6.07 Å². The lowest BCUT2D eigenvalue weighted by atomic mass is 9.70. The third-order valence-electron chi connectivity index (χ3n) is 6.77. The Morgan fingerprint density at radius 2 is 1.80 bits per heavy atom. The van der Waals surface area contributed by atoms with Crippen molar-refractivity contribution in [2.45, 2.75) is 78.1 Å². The highest BCUT2D eigenvalue weighted by Crippen LogP contribution is 2.40. The molecule has 0 aromatic rings.